The molecule has 0 fully saturated rings. The van der Waals surface area contributed by atoms with Crippen molar-refractivity contribution in [3.63, 3.8) is 0 Å². The van der Waals surface area contributed by atoms with E-state index in [1.54, 1.807) is 4.90 Å². The molecule has 0 aromatic rings. The first-order valence-corrected chi connectivity index (χ1v) is 12.5. The third-order valence-corrected chi connectivity index (χ3v) is 5.50. The van der Waals surface area contributed by atoms with Gasteiger partial charge in [-0.2, -0.15) is 0 Å². The van der Waals surface area contributed by atoms with Crippen LogP contribution in [0, 0.1) is 16.7 Å². The number of hydrogen-bond acceptors (Lipinski definition) is 5. The fourth-order valence-electron chi connectivity index (χ4n) is 3.77. The molecule has 0 saturated heterocycles. The van der Waals surface area contributed by atoms with Crippen LogP contribution in [-0.2, 0) is 23.8 Å². The molecule has 1 atom stereocenters. The fraction of sp³-hybridized carbons (Fsp3) is 0.926. The van der Waals surface area contributed by atoms with Crippen LogP contribution < -0.4 is 0 Å². The summed E-state index contributed by atoms with van der Waals surface area (Å²) in [7, 11) is 1.83. The van der Waals surface area contributed by atoms with E-state index in [4.69, 9.17) is 14.2 Å². The number of nitrogens with zero attached hydrogens (tertiary/aromatic N) is 1. The van der Waals surface area contributed by atoms with Gasteiger partial charge in [-0.25, -0.2) is 0 Å². The van der Waals surface area contributed by atoms with Crippen LogP contribution in [0.1, 0.15) is 95.4 Å². The summed E-state index contributed by atoms with van der Waals surface area (Å²) in [4.78, 5) is 26.5. The summed E-state index contributed by atoms with van der Waals surface area (Å²) in [6.07, 6.45) is 1.68. The summed E-state index contributed by atoms with van der Waals surface area (Å²) in [6.45, 7) is 24.5. The average molecular weight is 472 g/mol. The van der Waals surface area contributed by atoms with Crippen molar-refractivity contribution in [3.8, 4) is 0 Å². The Morgan fingerprint density at radius 3 is 1.94 bits per heavy atom. The quantitative estimate of drug-likeness (QED) is 0.279. The predicted octanol–water partition coefficient (Wildman–Crippen LogP) is 5.52. The third kappa shape index (κ3) is 15.5. The van der Waals surface area contributed by atoms with Crippen molar-refractivity contribution >= 4 is 11.7 Å². The first-order chi connectivity index (χ1) is 14.9. The van der Waals surface area contributed by atoms with Crippen LogP contribution in [0.5, 0.6) is 0 Å². The van der Waals surface area contributed by atoms with Gasteiger partial charge in [0.1, 0.15) is 5.78 Å². The number of hydrogen-bond donors (Lipinski definition) is 0. The van der Waals surface area contributed by atoms with Gasteiger partial charge in [0.2, 0.25) is 5.91 Å². The second kappa shape index (κ2) is 13.8. The summed E-state index contributed by atoms with van der Waals surface area (Å²) in [5, 5.41) is 0. The molecule has 0 heterocycles. The highest BCUT2D eigenvalue weighted by molar-refractivity contribution is 5.80. The molecule has 33 heavy (non-hydrogen) atoms. The van der Waals surface area contributed by atoms with Crippen LogP contribution >= 0.6 is 0 Å². The standard InChI is InChI=1S/C27H53NO5/c1-20(2)23(29)16-25(6,7)18-31-19-26(8,9)17-28(12)24(30)15-22(5)32-14-13-27(10,11)33-21(3)4/h20-22H,13-19H2,1-12H3. The summed E-state index contributed by atoms with van der Waals surface area (Å²) < 4.78 is 17.8. The summed E-state index contributed by atoms with van der Waals surface area (Å²) in [6, 6.07) is 0. The Hall–Kier alpha value is -0.980. The monoisotopic (exact) mass is 471 g/mol. The molecule has 0 aliphatic heterocycles. The molecule has 1 amide bonds. The molecule has 0 N–H and O–H groups in total. The van der Waals surface area contributed by atoms with Gasteiger partial charge in [-0.3, -0.25) is 9.59 Å². The topological polar surface area (TPSA) is 65.1 Å². The van der Waals surface area contributed by atoms with E-state index in [0.29, 0.717) is 39.2 Å². The zero-order valence-corrected chi connectivity index (χ0v) is 23.7. The lowest BCUT2D eigenvalue weighted by Crippen LogP contribution is -2.40. The largest absolute Gasteiger partial charge is 0.380 e. The Labute approximate surface area is 204 Å². The van der Waals surface area contributed by atoms with E-state index in [1.165, 1.54) is 0 Å². The molecule has 0 aliphatic rings. The van der Waals surface area contributed by atoms with Crippen molar-refractivity contribution in [1.82, 2.24) is 4.90 Å². The van der Waals surface area contributed by atoms with Gasteiger partial charge in [-0.15, -0.1) is 0 Å². The summed E-state index contributed by atoms with van der Waals surface area (Å²) in [5.74, 6) is 0.378. The molecule has 6 heteroatoms. The number of ether oxygens (including phenoxy) is 3. The van der Waals surface area contributed by atoms with Crippen molar-refractivity contribution in [2.45, 2.75) is 113 Å². The minimum Gasteiger partial charge on any atom is -0.380 e. The lowest BCUT2D eigenvalue weighted by atomic mass is 9.85. The van der Waals surface area contributed by atoms with Crippen LogP contribution in [0.3, 0.4) is 0 Å². The van der Waals surface area contributed by atoms with Crippen LogP contribution in [-0.4, -0.2) is 67.8 Å². The molecule has 0 aliphatic carbocycles. The van der Waals surface area contributed by atoms with E-state index in [9.17, 15) is 9.59 Å². The lowest BCUT2D eigenvalue weighted by Gasteiger charge is -2.32. The highest BCUT2D eigenvalue weighted by atomic mass is 16.5. The van der Waals surface area contributed by atoms with Crippen LogP contribution in [0.2, 0.25) is 0 Å². The van der Waals surface area contributed by atoms with Gasteiger partial charge in [-0.1, -0.05) is 41.5 Å². The maximum Gasteiger partial charge on any atom is 0.224 e. The number of carbonyl (C=O) groups excluding carboxylic acids is 2. The SMILES string of the molecule is CC(C)OC(C)(C)CCOC(C)CC(=O)N(C)CC(C)(C)COCC(C)(C)CC(=O)C(C)C. The number of ketones is 1. The van der Waals surface area contributed by atoms with Crippen molar-refractivity contribution < 1.29 is 23.8 Å². The highest BCUT2D eigenvalue weighted by Crippen LogP contribution is 2.25. The molecule has 6 nitrogen and oxygen atoms in total. The summed E-state index contributed by atoms with van der Waals surface area (Å²) in [5.41, 5.74) is -0.624. The fourth-order valence-corrected chi connectivity index (χ4v) is 3.77. The van der Waals surface area contributed by atoms with E-state index >= 15 is 0 Å². The first-order valence-electron chi connectivity index (χ1n) is 12.5. The van der Waals surface area contributed by atoms with Gasteiger partial charge in [0.05, 0.1) is 37.4 Å². The molecule has 0 aromatic carbocycles. The van der Waals surface area contributed by atoms with Crippen molar-refractivity contribution in [2.75, 3.05) is 33.4 Å². The van der Waals surface area contributed by atoms with Gasteiger partial charge in [0, 0.05) is 38.0 Å². The molecule has 0 aromatic heterocycles. The van der Waals surface area contributed by atoms with Crippen LogP contribution in [0.15, 0.2) is 0 Å². The molecule has 0 radical (unpaired) electrons. The van der Waals surface area contributed by atoms with Crippen molar-refractivity contribution in [2.24, 2.45) is 16.7 Å². The summed E-state index contributed by atoms with van der Waals surface area (Å²) >= 11 is 0. The normalized spacial score (nSPS) is 14.1. The molecule has 0 saturated carbocycles. The minimum absolute atomic E-state index is 0.0478. The number of rotatable bonds is 17. The van der Waals surface area contributed by atoms with E-state index in [1.807, 2.05) is 41.7 Å². The predicted molar refractivity (Wildman–Crippen MR) is 135 cm³/mol. The zero-order chi connectivity index (χ0) is 26.0. The maximum atomic E-state index is 12.7. The van der Waals surface area contributed by atoms with Gasteiger partial charge < -0.3 is 19.1 Å². The second-order valence-corrected chi connectivity index (χ2v) is 12.4. The maximum absolute atomic E-state index is 12.7. The lowest BCUT2D eigenvalue weighted by molar-refractivity contribution is -0.135. The van der Waals surface area contributed by atoms with Crippen LogP contribution in [0.4, 0.5) is 0 Å². The van der Waals surface area contributed by atoms with Gasteiger partial charge in [-0.05, 0) is 46.5 Å². The zero-order valence-electron chi connectivity index (χ0n) is 23.7. The Morgan fingerprint density at radius 2 is 1.42 bits per heavy atom. The number of Topliss-reactive ketones (excluding diaryl/α,β-unsaturated/α-hetero) is 1. The molecule has 0 rings (SSSR count). The molecular weight excluding hydrogens is 418 g/mol. The Kier molecular flexibility index (Phi) is 13.4. The van der Waals surface area contributed by atoms with E-state index in [-0.39, 0.29) is 46.2 Å². The third-order valence-electron chi connectivity index (χ3n) is 5.50. The van der Waals surface area contributed by atoms with Crippen LogP contribution in [0.25, 0.3) is 0 Å². The Balaban J connectivity index is 4.42. The molecular formula is C27H53NO5. The Morgan fingerprint density at radius 1 is 0.879 bits per heavy atom. The van der Waals surface area contributed by atoms with E-state index in [0.717, 1.165) is 6.42 Å². The molecule has 0 bridgehead atoms. The Bertz CT molecular complexity index is 595. The highest BCUT2D eigenvalue weighted by Gasteiger charge is 2.28. The van der Waals surface area contributed by atoms with Gasteiger partial charge in [0.25, 0.3) is 0 Å². The first kappa shape index (κ1) is 32.0. The van der Waals surface area contributed by atoms with E-state index < -0.39 is 0 Å². The second-order valence-electron chi connectivity index (χ2n) is 12.4. The molecule has 0 spiro atoms. The number of amides is 1. The van der Waals surface area contributed by atoms with Gasteiger partial charge in [0.15, 0.2) is 0 Å². The van der Waals surface area contributed by atoms with Crippen molar-refractivity contribution in [1.29, 1.82) is 0 Å². The minimum atomic E-state index is -0.241. The van der Waals surface area contributed by atoms with Crippen molar-refractivity contribution in [3.05, 3.63) is 0 Å². The smallest absolute Gasteiger partial charge is 0.224 e. The molecule has 196 valence electrons. The number of carbonyl (C=O) groups is 2. The van der Waals surface area contributed by atoms with E-state index in [2.05, 4.69) is 41.5 Å². The average Bonchev–Trinajstić information content (AvgIpc) is 2.58. The van der Waals surface area contributed by atoms with Gasteiger partial charge >= 0.3 is 0 Å². The molecule has 1 unspecified atom stereocenters.